The van der Waals surface area contributed by atoms with Crippen LogP contribution in [0.3, 0.4) is 0 Å². The predicted octanol–water partition coefficient (Wildman–Crippen LogP) is 5.83. The SMILES string of the molecule is COc1ccc2c(c1)c(-c1ccccc1)c(-c1ccccc1)n1nccc21. The second-order valence-electron chi connectivity index (χ2n) is 6.50. The Kier molecular flexibility index (Phi) is 3.65. The molecule has 0 bridgehead atoms. The number of fused-ring (bicyclic) bond motifs is 3. The number of methoxy groups -OCH3 is 1. The molecule has 0 aliphatic heterocycles. The summed E-state index contributed by atoms with van der Waals surface area (Å²) < 4.78 is 7.58. The van der Waals surface area contributed by atoms with Crippen molar-refractivity contribution in [3.63, 3.8) is 0 Å². The van der Waals surface area contributed by atoms with E-state index in [-0.39, 0.29) is 0 Å². The van der Waals surface area contributed by atoms with Crippen LogP contribution in [0.25, 0.3) is 38.7 Å². The summed E-state index contributed by atoms with van der Waals surface area (Å²) in [5.41, 5.74) is 5.63. The van der Waals surface area contributed by atoms with Gasteiger partial charge in [0.2, 0.25) is 0 Å². The smallest absolute Gasteiger partial charge is 0.119 e. The largest absolute Gasteiger partial charge is 0.497 e. The Morgan fingerprint density at radius 2 is 1.44 bits per heavy atom. The molecule has 3 nitrogen and oxygen atoms in total. The van der Waals surface area contributed by atoms with Crippen LogP contribution in [0, 0.1) is 0 Å². The maximum absolute atomic E-state index is 5.53. The molecule has 130 valence electrons. The zero-order valence-electron chi connectivity index (χ0n) is 15.0. The predicted molar refractivity (Wildman–Crippen MR) is 110 cm³/mol. The van der Waals surface area contributed by atoms with Crippen LogP contribution in [-0.2, 0) is 0 Å². The fraction of sp³-hybridized carbons (Fsp3) is 0.0417. The van der Waals surface area contributed by atoms with Gasteiger partial charge in [0.25, 0.3) is 0 Å². The minimum atomic E-state index is 0.850. The van der Waals surface area contributed by atoms with Gasteiger partial charge in [-0.3, -0.25) is 0 Å². The molecule has 0 atom stereocenters. The van der Waals surface area contributed by atoms with E-state index in [0.717, 1.165) is 44.4 Å². The van der Waals surface area contributed by atoms with E-state index >= 15 is 0 Å². The summed E-state index contributed by atoms with van der Waals surface area (Å²) in [5, 5.41) is 6.98. The van der Waals surface area contributed by atoms with Crippen molar-refractivity contribution in [2.45, 2.75) is 0 Å². The second-order valence-corrected chi connectivity index (χ2v) is 6.50. The van der Waals surface area contributed by atoms with E-state index in [2.05, 4.69) is 71.8 Å². The third-order valence-corrected chi connectivity index (χ3v) is 4.97. The van der Waals surface area contributed by atoms with Crippen molar-refractivity contribution < 1.29 is 4.74 Å². The fourth-order valence-electron chi connectivity index (χ4n) is 3.76. The molecule has 0 aliphatic rings. The number of aromatic nitrogens is 2. The van der Waals surface area contributed by atoms with Gasteiger partial charge in [-0.1, -0.05) is 60.7 Å². The molecule has 2 heterocycles. The van der Waals surface area contributed by atoms with Gasteiger partial charge in [0, 0.05) is 16.5 Å². The molecule has 27 heavy (non-hydrogen) atoms. The number of hydrogen-bond acceptors (Lipinski definition) is 2. The lowest BCUT2D eigenvalue weighted by Crippen LogP contribution is -1.99. The normalized spacial score (nSPS) is 11.1. The summed E-state index contributed by atoms with van der Waals surface area (Å²) in [6, 6.07) is 29.2. The van der Waals surface area contributed by atoms with E-state index in [1.54, 1.807) is 7.11 Å². The maximum atomic E-state index is 5.53. The first-order valence-corrected chi connectivity index (χ1v) is 8.95. The van der Waals surface area contributed by atoms with Gasteiger partial charge in [-0.25, -0.2) is 4.52 Å². The zero-order valence-corrected chi connectivity index (χ0v) is 15.0. The molecular weight excluding hydrogens is 332 g/mol. The van der Waals surface area contributed by atoms with Gasteiger partial charge in [0.05, 0.1) is 24.5 Å². The molecular formula is C24H18N2O. The Balaban J connectivity index is 2.03. The van der Waals surface area contributed by atoms with E-state index in [1.807, 2.05) is 28.9 Å². The lowest BCUT2D eigenvalue weighted by Gasteiger charge is -2.17. The van der Waals surface area contributed by atoms with Crippen molar-refractivity contribution in [1.29, 1.82) is 0 Å². The fourth-order valence-corrected chi connectivity index (χ4v) is 3.76. The van der Waals surface area contributed by atoms with Gasteiger partial charge in [-0.15, -0.1) is 0 Å². The van der Waals surface area contributed by atoms with E-state index < -0.39 is 0 Å². The monoisotopic (exact) mass is 350 g/mol. The third kappa shape index (κ3) is 2.48. The molecule has 0 fully saturated rings. The number of pyridine rings is 1. The summed E-state index contributed by atoms with van der Waals surface area (Å²) in [6.07, 6.45) is 1.86. The zero-order chi connectivity index (χ0) is 18.2. The quantitative estimate of drug-likeness (QED) is 0.409. The summed E-state index contributed by atoms with van der Waals surface area (Å²) in [6.45, 7) is 0. The molecule has 0 N–H and O–H groups in total. The van der Waals surface area contributed by atoms with E-state index in [9.17, 15) is 0 Å². The van der Waals surface area contributed by atoms with Crippen molar-refractivity contribution in [2.75, 3.05) is 7.11 Å². The van der Waals surface area contributed by atoms with Gasteiger partial charge in [-0.2, -0.15) is 5.10 Å². The number of nitrogens with zero attached hydrogens (tertiary/aromatic N) is 2. The van der Waals surface area contributed by atoms with Crippen LogP contribution >= 0.6 is 0 Å². The van der Waals surface area contributed by atoms with Crippen molar-refractivity contribution >= 4 is 16.3 Å². The van der Waals surface area contributed by atoms with Crippen LogP contribution in [0.5, 0.6) is 5.75 Å². The van der Waals surface area contributed by atoms with Crippen LogP contribution in [0.4, 0.5) is 0 Å². The molecule has 3 heteroatoms. The van der Waals surface area contributed by atoms with Crippen molar-refractivity contribution in [3.05, 3.63) is 91.1 Å². The summed E-state index contributed by atoms with van der Waals surface area (Å²) in [4.78, 5) is 0. The van der Waals surface area contributed by atoms with Gasteiger partial charge >= 0.3 is 0 Å². The van der Waals surface area contributed by atoms with Crippen molar-refractivity contribution in [3.8, 4) is 28.1 Å². The molecule has 2 aromatic heterocycles. The first kappa shape index (κ1) is 15.6. The van der Waals surface area contributed by atoms with Gasteiger partial charge in [0.1, 0.15) is 5.75 Å². The molecule has 5 rings (SSSR count). The van der Waals surface area contributed by atoms with Crippen molar-refractivity contribution in [2.24, 2.45) is 0 Å². The minimum Gasteiger partial charge on any atom is -0.497 e. The molecule has 5 aromatic rings. The Hall–Kier alpha value is -3.59. The highest BCUT2D eigenvalue weighted by Gasteiger charge is 2.18. The lowest BCUT2D eigenvalue weighted by molar-refractivity contribution is 0.415. The molecule has 0 saturated heterocycles. The van der Waals surface area contributed by atoms with Crippen LogP contribution < -0.4 is 4.74 Å². The molecule has 3 aromatic carbocycles. The number of rotatable bonds is 3. The topological polar surface area (TPSA) is 26.5 Å². The molecule has 0 aliphatic carbocycles. The molecule has 0 radical (unpaired) electrons. The highest BCUT2D eigenvalue weighted by Crippen LogP contribution is 2.40. The van der Waals surface area contributed by atoms with E-state index in [0.29, 0.717) is 0 Å². The highest BCUT2D eigenvalue weighted by atomic mass is 16.5. The standard InChI is InChI=1S/C24H18N2O/c1-27-19-12-13-20-21(16-19)23(17-8-4-2-5-9-17)24(18-10-6-3-7-11-18)26-22(20)14-15-25-26/h2-16H,1H3. The lowest BCUT2D eigenvalue weighted by atomic mass is 9.93. The number of hydrogen-bond donors (Lipinski definition) is 0. The summed E-state index contributed by atoms with van der Waals surface area (Å²) in [7, 11) is 1.71. The van der Waals surface area contributed by atoms with Crippen LogP contribution in [0.2, 0.25) is 0 Å². The first-order chi connectivity index (χ1) is 13.4. The average molecular weight is 350 g/mol. The number of benzene rings is 3. The third-order valence-electron chi connectivity index (χ3n) is 4.97. The minimum absolute atomic E-state index is 0.850. The molecule has 0 saturated carbocycles. The van der Waals surface area contributed by atoms with Crippen LogP contribution in [-0.4, -0.2) is 16.7 Å². The van der Waals surface area contributed by atoms with Crippen LogP contribution in [0.1, 0.15) is 0 Å². The Labute approximate surface area is 157 Å². The Bertz CT molecular complexity index is 1240. The Morgan fingerprint density at radius 1 is 0.741 bits per heavy atom. The van der Waals surface area contributed by atoms with Gasteiger partial charge in [-0.05, 0) is 35.2 Å². The number of ether oxygens (including phenoxy) is 1. The summed E-state index contributed by atoms with van der Waals surface area (Å²) in [5.74, 6) is 0.850. The second kappa shape index (κ2) is 6.29. The first-order valence-electron chi connectivity index (χ1n) is 8.95. The molecule has 0 unspecified atom stereocenters. The Morgan fingerprint density at radius 3 is 2.15 bits per heavy atom. The molecule has 0 amide bonds. The summed E-state index contributed by atoms with van der Waals surface area (Å²) >= 11 is 0. The highest BCUT2D eigenvalue weighted by molar-refractivity contribution is 6.09. The van der Waals surface area contributed by atoms with Gasteiger partial charge in [0.15, 0.2) is 0 Å². The van der Waals surface area contributed by atoms with E-state index in [1.165, 1.54) is 0 Å². The van der Waals surface area contributed by atoms with Gasteiger partial charge < -0.3 is 4.74 Å². The maximum Gasteiger partial charge on any atom is 0.119 e. The van der Waals surface area contributed by atoms with Crippen LogP contribution in [0.15, 0.2) is 91.1 Å². The molecule has 0 spiro atoms. The average Bonchev–Trinajstić information content (AvgIpc) is 3.23. The van der Waals surface area contributed by atoms with Crippen molar-refractivity contribution in [1.82, 2.24) is 9.61 Å². The van der Waals surface area contributed by atoms with E-state index in [4.69, 9.17) is 4.74 Å².